The molecule has 30 heavy (non-hydrogen) atoms. The summed E-state index contributed by atoms with van der Waals surface area (Å²) in [4.78, 5) is 19.4. The third kappa shape index (κ3) is 4.46. The molecule has 4 rings (SSSR count). The summed E-state index contributed by atoms with van der Waals surface area (Å²) >= 11 is 13.5. The number of aliphatic imine (C=N–C) groups is 1. The number of nitrogens with zero attached hydrogens (tertiary/aromatic N) is 3. The fraction of sp³-hybridized carbons (Fsp3) is 0.136. The Bertz CT molecular complexity index is 1170. The third-order valence-electron chi connectivity index (χ3n) is 4.39. The second-order valence-corrected chi connectivity index (χ2v) is 8.55. The van der Waals surface area contributed by atoms with Gasteiger partial charge in [-0.25, -0.2) is 4.99 Å². The van der Waals surface area contributed by atoms with Crippen molar-refractivity contribution in [2.45, 2.75) is 19.6 Å². The van der Waals surface area contributed by atoms with Crippen LogP contribution in [0.25, 0.3) is 6.08 Å². The molecule has 0 unspecified atom stereocenters. The van der Waals surface area contributed by atoms with Crippen molar-refractivity contribution in [2.24, 2.45) is 4.99 Å². The number of hydrogen-bond donors (Lipinski definition) is 0. The van der Waals surface area contributed by atoms with Gasteiger partial charge in [-0.3, -0.25) is 9.69 Å². The van der Waals surface area contributed by atoms with Crippen LogP contribution in [0.2, 0.25) is 10.0 Å². The Labute approximate surface area is 188 Å². The number of carbonyl (C=O) groups excluding carboxylic acids is 1. The number of rotatable bonds is 4. The molecular weight excluding hydrogens is 441 g/mol. The minimum atomic E-state index is -0.205. The summed E-state index contributed by atoms with van der Waals surface area (Å²) in [6, 6.07) is 14.8. The van der Waals surface area contributed by atoms with E-state index in [1.807, 2.05) is 44.2 Å². The van der Waals surface area contributed by atoms with Crippen molar-refractivity contribution in [1.29, 1.82) is 0 Å². The minimum absolute atomic E-state index is 0.205. The van der Waals surface area contributed by atoms with E-state index in [-0.39, 0.29) is 5.91 Å². The average Bonchev–Trinajstić information content (AvgIpc) is 3.27. The molecule has 152 valence electrons. The molecule has 0 atom stereocenters. The van der Waals surface area contributed by atoms with Crippen molar-refractivity contribution in [3.05, 3.63) is 86.9 Å². The predicted molar refractivity (Wildman–Crippen MR) is 123 cm³/mol. The van der Waals surface area contributed by atoms with Gasteiger partial charge in [0.2, 0.25) is 0 Å². The van der Waals surface area contributed by atoms with Crippen molar-refractivity contribution in [3.8, 4) is 0 Å². The second kappa shape index (κ2) is 8.68. The molecule has 0 bridgehead atoms. The van der Waals surface area contributed by atoms with Crippen LogP contribution in [0.5, 0.6) is 0 Å². The molecule has 1 amide bonds. The highest BCUT2D eigenvalue weighted by atomic mass is 35.5. The average molecular weight is 458 g/mol. The summed E-state index contributed by atoms with van der Waals surface area (Å²) in [5, 5.41) is 5.48. The molecule has 3 aromatic rings. The molecule has 0 spiro atoms. The zero-order chi connectivity index (χ0) is 21.3. The number of benzene rings is 2. The topological polar surface area (TPSA) is 58.7 Å². The van der Waals surface area contributed by atoms with Crippen LogP contribution in [0.1, 0.15) is 22.6 Å². The van der Waals surface area contributed by atoms with E-state index in [4.69, 9.17) is 27.7 Å². The quantitative estimate of drug-likeness (QED) is 0.432. The van der Waals surface area contributed by atoms with Gasteiger partial charge in [-0.1, -0.05) is 63.9 Å². The van der Waals surface area contributed by atoms with Crippen LogP contribution in [0, 0.1) is 13.8 Å². The highest BCUT2D eigenvalue weighted by Crippen LogP contribution is 2.32. The van der Waals surface area contributed by atoms with E-state index < -0.39 is 0 Å². The van der Waals surface area contributed by atoms with Gasteiger partial charge in [0.05, 0.1) is 21.4 Å². The molecule has 0 aliphatic carbocycles. The van der Waals surface area contributed by atoms with E-state index in [0.29, 0.717) is 26.7 Å². The van der Waals surface area contributed by atoms with Crippen LogP contribution in [-0.4, -0.2) is 16.2 Å². The molecule has 0 saturated heterocycles. The Hall–Kier alpha value is -2.54. The zero-order valence-electron chi connectivity index (χ0n) is 16.2. The number of hydrogen-bond acceptors (Lipinski definition) is 5. The smallest absolute Gasteiger partial charge is 0.283 e. The van der Waals surface area contributed by atoms with E-state index in [2.05, 4.69) is 10.1 Å². The van der Waals surface area contributed by atoms with Crippen LogP contribution in [0.4, 0.5) is 5.69 Å². The molecule has 2 heterocycles. The first kappa shape index (κ1) is 20.7. The zero-order valence-corrected chi connectivity index (χ0v) is 18.6. The van der Waals surface area contributed by atoms with E-state index in [0.717, 1.165) is 28.3 Å². The van der Waals surface area contributed by atoms with Gasteiger partial charge in [0, 0.05) is 11.8 Å². The molecule has 2 aromatic carbocycles. The molecule has 1 aromatic heterocycles. The van der Waals surface area contributed by atoms with Gasteiger partial charge in [0.15, 0.2) is 5.17 Å². The molecule has 1 aliphatic heterocycles. The maximum atomic E-state index is 13.2. The number of amides is 1. The minimum Gasteiger partial charge on any atom is -0.361 e. The van der Waals surface area contributed by atoms with Gasteiger partial charge in [-0.2, -0.15) is 0 Å². The molecule has 1 aliphatic rings. The highest BCUT2D eigenvalue weighted by Gasteiger charge is 2.32. The van der Waals surface area contributed by atoms with Gasteiger partial charge < -0.3 is 4.52 Å². The number of carbonyl (C=O) groups is 1. The van der Waals surface area contributed by atoms with Gasteiger partial charge in [0.1, 0.15) is 11.5 Å². The van der Waals surface area contributed by atoms with Crippen molar-refractivity contribution >= 4 is 57.8 Å². The summed E-state index contributed by atoms with van der Waals surface area (Å²) < 4.78 is 5.13. The van der Waals surface area contributed by atoms with Crippen LogP contribution in [0.3, 0.4) is 0 Å². The standard InChI is InChI=1S/C22H17Cl2N3O2S/c1-13-3-6-17(7-4-13)27-21(28)20(11-15-5-8-18(23)19(24)10-15)25-22(27)30-12-16-9-14(2)29-26-16/h3-11H,12H2,1-2H3/b20-11-. The fourth-order valence-electron chi connectivity index (χ4n) is 2.90. The molecule has 0 fully saturated rings. The number of thioether (sulfide) groups is 1. The van der Waals surface area contributed by atoms with Gasteiger partial charge >= 0.3 is 0 Å². The summed E-state index contributed by atoms with van der Waals surface area (Å²) in [7, 11) is 0. The Kier molecular flexibility index (Phi) is 5.99. The Morgan fingerprint density at radius 2 is 1.83 bits per heavy atom. The lowest BCUT2D eigenvalue weighted by molar-refractivity contribution is -0.113. The largest absolute Gasteiger partial charge is 0.361 e. The Morgan fingerprint density at radius 1 is 1.07 bits per heavy atom. The summed E-state index contributed by atoms with van der Waals surface area (Å²) in [6.07, 6.45) is 1.71. The van der Waals surface area contributed by atoms with E-state index in [1.165, 1.54) is 11.8 Å². The summed E-state index contributed by atoms with van der Waals surface area (Å²) in [5.74, 6) is 1.07. The van der Waals surface area contributed by atoms with E-state index in [9.17, 15) is 4.79 Å². The number of halogens is 2. The van der Waals surface area contributed by atoms with Crippen LogP contribution in [0.15, 0.2) is 63.7 Å². The van der Waals surface area contributed by atoms with E-state index >= 15 is 0 Å². The van der Waals surface area contributed by atoms with Crippen LogP contribution in [-0.2, 0) is 10.5 Å². The number of amidine groups is 1. The third-order valence-corrected chi connectivity index (χ3v) is 6.11. The molecule has 0 saturated carbocycles. The Morgan fingerprint density at radius 3 is 2.50 bits per heavy atom. The van der Waals surface area contributed by atoms with Gasteiger partial charge in [-0.05, 0) is 49.8 Å². The highest BCUT2D eigenvalue weighted by molar-refractivity contribution is 8.13. The normalized spacial score (nSPS) is 15.2. The van der Waals surface area contributed by atoms with Gasteiger partial charge in [-0.15, -0.1) is 0 Å². The number of anilines is 1. The van der Waals surface area contributed by atoms with Crippen LogP contribution < -0.4 is 4.90 Å². The fourth-order valence-corrected chi connectivity index (χ4v) is 4.10. The van der Waals surface area contributed by atoms with Crippen LogP contribution >= 0.6 is 35.0 Å². The Balaban J connectivity index is 1.67. The molecule has 0 radical (unpaired) electrons. The van der Waals surface area contributed by atoms with Gasteiger partial charge in [0.25, 0.3) is 5.91 Å². The summed E-state index contributed by atoms with van der Waals surface area (Å²) in [6.45, 7) is 3.84. The summed E-state index contributed by atoms with van der Waals surface area (Å²) in [5.41, 5.74) is 3.73. The number of aromatic nitrogens is 1. The van der Waals surface area contributed by atoms with E-state index in [1.54, 1.807) is 29.2 Å². The first-order valence-corrected chi connectivity index (χ1v) is 10.9. The lowest BCUT2D eigenvalue weighted by Crippen LogP contribution is -2.30. The molecule has 5 nitrogen and oxygen atoms in total. The maximum Gasteiger partial charge on any atom is 0.283 e. The predicted octanol–water partition coefficient (Wildman–Crippen LogP) is 6.28. The SMILES string of the molecule is Cc1ccc(N2C(=O)/C(=C/c3ccc(Cl)c(Cl)c3)N=C2SCc2cc(C)on2)cc1. The van der Waals surface area contributed by atoms with Crippen molar-refractivity contribution in [1.82, 2.24) is 5.16 Å². The second-order valence-electron chi connectivity index (χ2n) is 6.79. The molecule has 0 N–H and O–H groups in total. The van der Waals surface area contributed by atoms with Crippen molar-refractivity contribution < 1.29 is 9.32 Å². The lowest BCUT2D eigenvalue weighted by atomic mass is 10.2. The monoisotopic (exact) mass is 457 g/mol. The van der Waals surface area contributed by atoms with Crippen molar-refractivity contribution in [2.75, 3.05) is 4.90 Å². The first-order chi connectivity index (χ1) is 14.4. The van der Waals surface area contributed by atoms with Crippen molar-refractivity contribution in [3.63, 3.8) is 0 Å². The first-order valence-electron chi connectivity index (χ1n) is 9.12. The molecular formula is C22H17Cl2N3O2S. The lowest BCUT2D eigenvalue weighted by Gasteiger charge is -2.17. The maximum absolute atomic E-state index is 13.2. The molecule has 8 heteroatoms. The number of aryl methyl sites for hydroxylation is 2.